The number of hydrogen-bond acceptors (Lipinski definition) is 3. The Kier molecular flexibility index (Phi) is 4.22. The van der Waals surface area contributed by atoms with E-state index in [4.69, 9.17) is 11.6 Å². The third-order valence-corrected chi connectivity index (χ3v) is 4.54. The zero-order valence-corrected chi connectivity index (χ0v) is 13.1. The van der Waals surface area contributed by atoms with Crippen molar-refractivity contribution >= 4 is 11.6 Å². The molecule has 21 heavy (non-hydrogen) atoms. The molecule has 2 aromatic rings. The molecule has 0 bridgehead atoms. The van der Waals surface area contributed by atoms with Crippen molar-refractivity contribution in [1.82, 2.24) is 15.3 Å². The van der Waals surface area contributed by atoms with Gasteiger partial charge in [0.2, 0.25) is 0 Å². The first-order valence-corrected chi connectivity index (χ1v) is 7.80. The molecule has 0 amide bonds. The molecule has 4 heteroatoms. The van der Waals surface area contributed by atoms with Crippen LogP contribution < -0.4 is 5.32 Å². The molecule has 1 aliphatic carbocycles. The Balaban J connectivity index is 1.79. The van der Waals surface area contributed by atoms with Gasteiger partial charge in [0.15, 0.2) is 0 Å². The van der Waals surface area contributed by atoms with E-state index >= 15 is 0 Å². The second-order valence-corrected chi connectivity index (χ2v) is 6.36. The van der Waals surface area contributed by atoms with E-state index in [9.17, 15) is 0 Å². The quantitative estimate of drug-likeness (QED) is 0.900. The summed E-state index contributed by atoms with van der Waals surface area (Å²) in [5, 5.41) is 4.50. The molecule has 3 rings (SSSR count). The lowest BCUT2D eigenvalue weighted by Gasteiger charge is -2.24. The average molecular weight is 302 g/mol. The van der Waals surface area contributed by atoms with Gasteiger partial charge in [-0.25, -0.2) is 0 Å². The van der Waals surface area contributed by atoms with Crippen molar-refractivity contribution < 1.29 is 0 Å². The maximum absolute atomic E-state index is 6.00. The summed E-state index contributed by atoms with van der Waals surface area (Å²) in [6, 6.07) is 8.68. The molecule has 1 fully saturated rings. The van der Waals surface area contributed by atoms with Crippen LogP contribution in [0, 0.1) is 11.8 Å². The van der Waals surface area contributed by atoms with Gasteiger partial charge in [0.1, 0.15) is 0 Å². The zero-order chi connectivity index (χ0) is 14.8. The summed E-state index contributed by atoms with van der Waals surface area (Å²) < 4.78 is 0. The Morgan fingerprint density at radius 3 is 2.52 bits per heavy atom. The first-order chi connectivity index (χ1) is 10.1. The number of hydrogen-bond donors (Lipinski definition) is 1. The summed E-state index contributed by atoms with van der Waals surface area (Å²) in [7, 11) is 0. The second kappa shape index (κ2) is 6.12. The Hall–Kier alpha value is -1.45. The summed E-state index contributed by atoms with van der Waals surface area (Å²) in [5.74, 6) is 1.46. The number of rotatable bonds is 5. The standard InChI is InChI=1S/C17H20ClN3/c1-11-9-15(11)17(13-3-5-14(18)6-4-13)21-12(2)16-10-19-7-8-20-16/h3-8,10-12,15,17,21H,9H2,1-2H3/t11-,12-,15-,17+/m0/s1. The van der Waals surface area contributed by atoms with E-state index in [2.05, 4.69) is 41.3 Å². The van der Waals surface area contributed by atoms with E-state index in [0.717, 1.165) is 16.6 Å². The van der Waals surface area contributed by atoms with Crippen LogP contribution in [0.5, 0.6) is 0 Å². The molecule has 4 atom stereocenters. The monoisotopic (exact) mass is 301 g/mol. The first-order valence-electron chi connectivity index (χ1n) is 7.42. The number of nitrogens with zero attached hydrogens (tertiary/aromatic N) is 2. The van der Waals surface area contributed by atoms with Crippen LogP contribution >= 0.6 is 11.6 Å². The molecule has 0 radical (unpaired) electrons. The molecule has 1 aromatic heterocycles. The van der Waals surface area contributed by atoms with Crippen LogP contribution in [0.2, 0.25) is 5.02 Å². The lowest BCUT2D eigenvalue weighted by Crippen LogP contribution is -2.27. The molecule has 0 aliphatic heterocycles. The summed E-state index contributed by atoms with van der Waals surface area (Å²) in [6.45, 7) is 4.45. The fraction of sp³-hybridized carbons (Fsp3) is 0.412. The van der Waals surface area contributed by atoms with Crippen molar-refractivity contribution in [3.63, 3.8) is 0 Å². The van der Waals surface area contributed by atoms with Gasteiger partial charge in [0.05, 0.1) is 5.69 Å². The van der Waals surface area contributed by atoms with Crippen molar-refractivity contribution in [3.05, 3.63) is 59.1 Å². The minimum Gasteiger partial charge on any atom is -0.302 e. The van der Waals surface area contributed by atoms with E-state index in [1.807, 2.05) is 18.3 Å². The molecule has 1 aromatic carbocycles. The van der Waals surface area contributed by atoms with Crippen molar-refractivity contribution in [2.45, 2.75) is 32.4 Å². The fourth-order valence-electron chi connectivity index (χ4n) is 2.84. The molecule has 1 heterocycles. The van der Waals surface area contributed by atoms with Gasteiger partial charge in [-0.1, -0.05) is 30.7 Å². The van der Waals surface area contributed by atoms with Gasteiger partial charge in [0.25, 0.3) is 0 Å². The Labute approximate surface area is 130 Å². The maximum Gasteiger partial charge on any atom is 0.0753 e. The zero-order valence-electron chi connectivity index (χ0n) is 12.3. The third-order valence-electron chi connectivity index (χ3n) is 4.29. The number of nitrogens with one attached hydrogen (secondary N) is 1. The summed E-state index contributed by atoms with van der Waals surface area (Å²) in [5.41, 5.74) is 2.27. The van der Waals surface area contributed by atoms with E-state index in [1.165, 1.54) is 12.0 Å². The van der Waals surface area contributed by atoms with Gasteiger partial charge in [-0.2, -0.15) is 0 Å². The molecule has 1 N–H and O–H groups in total. The summed E-state index contributed by atoms with van der Waals surface area (Å²) in [4.78, 5) is 8.55. The van der Waals surface area contributed by atoms with Gasteiger partial charge in [-0.3, -0.25) is 9.97 Å². The largest absolute Gasteiger partial charge is 0.302 e. The van der Waals surface area contributed by atoms with Crippen molar-refractivity contribution in [2.24, 2.45) is 11.8 Å². The van der Waals surface area contributed by atoms with E-state index in [1.54, 1.807) is 12.4 Å². The molecule has 1 saturated carbocycles. The van der Waals surface area contributed by atoms with Crippen LogP contribution in [-0.4, -0.2) is 9.97 Å². The molecule has 1 aliphatic rings. The molecule has 0 saturated heterocycles. The lowest BCUT2D eigenvalue weighted by atomic mass is 10.00. The fourth-order valence-corrected chi connectivity index (χ4v) is 2.97. The highest BCUT2D eigenvalue weighted by atomic mass is 35.5. The van der Waals surface area contributed by atoms with Crippen LogP contribution in [0.4, 0.5) is 0 Å². The van der Waals surface area contributed by atoms with Crippen molar-refractivity contribution in [3.8, 4) is 0 Å². The van der Waals surface area contributed by atoms with Crippen LogP contribution in [0.3, 0.4) is 0 Å². The maximum atomic E-state index is 6.00. The van der Waals surface area contributed by atoms with Gasteiger partial charge >= 0.3 is 0 Å². The summed E-state index contributed by atoms with van der Waals surface area (Å²) >= 11 is 6.00. The van der Waals surface area contributed by atoms with Crippen LogP contribution in [-0.2, 0) is 0 Å². The predicted molar refractivity (Wildman–Crippen MR) is 85.0 cm³/mol. The number of halogens is 1. The van der Waals surface area contributed by atoms with Crippen molar-refractivity contribution in [2.75, 3.05) is 0 Å². The molecule has 3 nitrogen and oxygen atoms in total. The number of aromatic nitrogens is 2. The topological polar surface area (TPSA) is 37.8 Å². The highest BCUT2D eigenvalue weighted by Gasteiger charge is 2.40. The molecular formula is C17H20ClN3. The molecule has 0 unspecified atom stereocenters. The predicted octanol–water partition coefficient (Wildman–Crippen LogP) is 4.18. The summed E-state index contributed by atoms with van der Waals surface area (Å²) in [6.07, 6.45) is 6.54. The smallest absolute Gasteiger partial charge is 0.0753 e. The SMILES string of the molecule is C[C@H](N[C@H](c1ccc(Cl)cc1)[C@H]1C[C@@H]1C)c1cnccn1. The molecule has 0 spiro atoms. The van der Waals surface area contributed by atoms with Gasteiger partial charge in [-0.05, 0) is 42.9 Å². The minimum absolute atomic E-state index is 0.173. The minimum atomic E-state index is 0.173. The van der Waals surface area contributed by atoms with Crippen LogP contribution in [0.15, 0.2) is 42.9 Å². The molecule has 110 valence electrons. The Bertz CT molecular complexity index is 585. The lowest BCUT2D eigenvalue weighted by molar-refractivity contribution is 0.409. The van der Waals surface area contributed by atoms with E-state index in [-0.39, 0.29) is 6.04 Å². The average Bonchev–Trinajstić information content (AvgIpc) is 3.23. The second-order valence-electron chi connectivity index (χ2n) is 5.92. The Morgan fingerprint density at radius 2 is 1.95 bits per heavy atom. The highest BCUT2D eigenvalue weighted by Crippen LogP contribution is 2.47. The van der Waals surface area contributed by atoms with E-state index in [0.29, 0.717) is 12.0 Å². The number of benzene rings is 1. The first kappa shape index (κ1) is 14.5. The highest BCUT2D eigenvalue weighted by molar-refractivity contribution is 6.30. The van der Waals surface area contributed by atoms with Gasteiger partial charge < -0.3 is 5.32 Å². The van der Waals surface area contributed by atoms with Gasteiger partial charge in [-0.15, -0.1) is 0 Å². The van der Waals surface area contributed by atoms with Crippen LogP contribution in [0.1, 0.15) is 43.6 Å². The van der Waals surface area contributed by atoms with E-state index < -0.39 is 0 Å². The van der Waals surface area contributed by atoms with Crippen LogP contribution in [0.25, 0.3) is 0 Å². The molecular weight excluding hydrogens is 282 g/mol. The van der Waals surface area contributed by atoms with Gasteiger partial charge in [0, 0.05) is 35.7 Å². The normalized spacial score (nSPS) is 23.6. The Morgan fingerprint density at radius 1 is 1.24 bits per heavy atom. The third kappa shape index (κ3) is 3.42. The van der Waals surface area contributed by atoms with Crippen molar-refractivity contribution in [1.29, 1.82) is 0 Å².